The van der Waals surface area contributed by atoms with Gasteiger partial charge < -0.3 is 10.1 Å². The number of hydrogen-bond donors (Lipinski definition) is 1. The number of hydrogen-bond acceptors (Lipinski definition) is 5. The average Bonchev–Trinajstić information content (AvgIpc) is 2.98. The first-order valence-corrected chi connectivity index (χ1v) is 11.8. The lowest BCUT2D eigenvalue weighted by Gasteiger charge is -2.10. The molecule has 0 unspecified atom stereocenters. The van der Waals surface area contributed by atoms with Gasteiger partial charge >= 0.3 is 0 Å². The van der Waals surface area contributed by atoms with Crippen molar-refractivity contribution < 1.29 is 9.53 Å². The molecule has 0 spiro atoms. The molecular formula is C27H27N3O2S. The first kappa shape index (κ1) is 22.8. The summed E-state index contributed by atoms with van der Waals surface area (Å²) in [6.45, 7) is 6.14. The second-order valence-corrected chi connectivity index (χ2v) is 9.10. The van der Waals surface area contributed by atoms with Crippen LogP contribution in [0.25, 0.3) is 0 Å². The second kappa shape index (κ2) is 10.0. The molecule has 0 aromatic heterocycles. The highest BCUT2D eigenvalue weighted by atomic mass is 32.2. The van der Waals surface area contributed by atoms with Crippen molar-refractivity contribution in [2.24, 2.45) is 9.98 Å². The first-order valence-electron chi connectivity index (χ1n) is 10.8. The number of aryl methyl sites for hydroxylation is 3. The quantitative estimate of drug-likeness (QED) is 0.473. The summed E-state index contributed by atoms with van der Waals surface area (Å²) in [6.07, 6.45) is 0.544. The third-order valence-corrected chi connectivity index (χ3v) is 6.58. The van der Waals surface area contributed by atoms with E-state index in [4.69, 9.17) is 14.7 Å². The maximum absolute atomic E-state index is 12.6. The Bertz CT molecular complexity index is 1260. The highest BCUT2D eigenvalue weighted by molar-refractivity contribution is 8.14. The van der Waals surface area contributed by atoms with Gasteiger partial charge in [-0.1, -0.05) is 30.3 Å². The lowest BCUT2D eigenvalue weighted by molar-refractivity contribution is -0.113. The van der Waals surface area contributed by atoms with Crippen molar-refractivity contribution >= 4 is 45.5 Å². The molecule has 0 fully saturated rings. The zero-order chi connectivity index (χ0) is 23.4. The Morgan fingerprint density at radius 2 is 1.67 bits per heavy atom. The van der Waals surface area contributed by atoms with E-state index in [0.29, 0.717) is 6.42 Å². The lowest BCUT2D eigenvalue weighted by Crippen LogP contribution is -2.16. The molecule has 6 heteroatoms. The number of carbonyl (C=O) groups is 1. The highest BCUT2D eigenvalue weighted by Gasteiger charge is 2.18. The van der Waals surface area contributed by atoms with Gasteiger partial charge in [0.05, 0.1) is 35.0 Å². The Balaban J connectivity index is 1.61. The fourth-order valence-electron chi connectivity index (χ4n) is 3.57. The molecule has 1 heterocycles. The van der Waals surface area contributed by atoms with Gasteiger partial charge in [-0.05, 0) is 67.8 Å². The minimum Gasteiger partial charge on any atom is -0.497 e. The average molecular weight is 458 g/mol. The molecule has 1 aliphatic heterocycles. The summed E-state index contributed by atoms with van der Waals surface area (Å²) < 4.78 is 5.41. The molecule has 4 rings (SSSR count). The molecule has 33 heavy (non-hydrogen) atoms. The number of nitrogens with one attached hydrogen (secondary N) is 1. The van der Waals surface area contributed by atoms with Crippen LogP contribution in [0.4, 0.5) is 17.1 Å². The van der Waals surface area contributed by atoms with Crippen molar-refractivity contribution in [3.05, 3.63) is 82.9 Å². The van der Waals surface area contributed by atoms with Gasteiger partial charge in [0.1, 0.15) is 5.75 Å². The molecule has 0 atom stereocenters. The molecule has 0 radical (unpaired) electrons. The van der Waals surface area contributed by atoms with E-state index in [1.807, 2.05) is 55.5 Å². The minimum absolute atomic E-state index is 0.0542. The molecular weight excluding hydrogens is 430 g/mol. The van der Waals surface area contributed by atoms with Crippen LogP contribution in [0.5, 0.6) is 5.75 Å². The second-order valence-electron chi connectivity index (χ2n) is 8.05. The van der Waals surface area contributed by atoms with Crippen LogP contribution in [-0.4, -0.2) is 29.5 Å². The fourth-order valence-corrected chi connectivity index (χ4v) is 4.34. The zero-order valence-corrected chi connectivity index (χ0v) is 20.1. The van der Waals surface area contributed by atoms with Gasteiger partial charge in [-0.3, -0.25) is 9.79 Å². The number of ether oxygens (including phenoxy) is 1. The van der Waals surface area contributed by atoms with Crippen molar-refractivity contribution in [2.45, 2.75) is 27.2 Å². The van der Waals surface area contributed by atoms with Crippen LogP contribution in [0.1, 0.15) is 28.7 Å². The smallest absolute Gasteiger partial charge is 0.234 e. The zero-order valence-electron chi connectivity index (χ0n) is 19.3. The number of aliphatic imine (C=N–C) groups is 2. The summed E-state index contributed by atoms with van der Waals surface area (Å²) in [5.41, 5.74) is 7.77. The van der Waals surface area contributed by atoms with E-state index in [0.717, 1.165) is 44.7 Å². The summed E-state index contributed by atoms with van der Waals surface area (Å²) in [4.78, 5) is 22.5. The molecule has 0 aliphatic carbocycles. The van der Waals surface area contributed by atoms with Crippen molar-refractivity contribution in [1.29, 1.82) is 0 Å². The molecule has 3 aromatic rings. The van der Waals surface area contributed by atoms with E-state index < -0.39 is 0 Å². The molecule has 168 valence electrons. The summed E-state index contributed by atoms with van der Waals surface area (Å²) in [5.74, 6) is 1.00. The number of fused-ring (bicyclic) bond motifs is 1. The number of methoxy groups -OCH3 is 1. The number of para-hydroxylation sites is 1. The standard InChI is InChI=1S/C27H27N3O2S/c1-17-8-5-6-11-22(17)29-26(31)16-33-27-15-23(20-9-7-10-21(14-20)32-4)28-24-12-18(2)19(3)13-25(24)30-27/h5-14H,15-16H2,1-4H3,(H,29,31). The molecule has 0 saturated heterocycles. The Labute approximate surface area is 199 Å². The Kier molecular flexibility index (Phi) is 6.94. The predicted octanol–water partition coefficient (Wildman–Crippen LogP) is 6.55. The molecule has 1 aliphatic rings. The van der Waals surface area contributed by atoms with Gasteiger partial charge in [0.2, 0.25) is 5.91 Å². The van der Waals surface area contributed by atoms with Gasteiger partial charge in [-0.15, -0.1) is 11.8 Å². The lowest BCUT2D eigenvalue weighted by atomic mass is 10.1. The van der Waals surface area contributed by atoms with Gasteiger partial charge in [-0.2, -0.15) is 0 Å². The van der Waals surface area contributed by atoms with Gasteiger partial charge in [0.15, 0.2) is 0 Å². The predicted molar refractivity (Wildman–Crippen MR) is 139 cm³/mol. The molecule has 5 nitrogen and oxygen atoms in total. The topological polar surface area (TPSA) is 63.1 Å². The van der Waals surface area contributed by atoms with Crippen LogP contribution in [0.15, 0.2) is 70.6 Å². The van der Waals surface area contributed by atoms with Crippen molar-refractivity contribution in [3.8, 4) is 5.75 Å². The largest absolute Gasteiger partial charge is 0.497 e. The maximum atomic E-state index is 12.6. The van der Waals surface area contributed by atoms with E-state index in [1.165, 1.54) is 22.9 Å². The van der Waals surface area contributed by atoms with Gasteiger partial charge in [0, 0.05) is 17.7 Å². The number of carbonyl (C=O) groups excluding carboxylic acids is 1. The normalized spacial score (nSPS) is 12.8. The summed E-state index contributed by atoms with van der Waals surface area (Å²) in [7, 11) is 1.66. The SMILES string of the molecule is COc1cccc(C2=Nc3cc(C)c(C)cc3N=C(SCC(=O)Nc3ccccc3C)C2)c1. The molecule has 1 N–H and O–H groups in total. The summed E-state index contributed by atoms with van der Waals surface area (Å²) in [6, 6.07) is 19.8. The highest BCUT2D eigenvalue weighted by Crippen LogP contribution is 2.36. The van der Waals surface area contributed by atoms with E-state index in [1.54, 1.807) is 7.11 Å². The molecule has 3 aromatic carbocycles. The molecule has 0 saturated carbocycles. The van der Waals surface area contributed by atoms with Crippen molar-refractivity contribution in [2.75, 3.05) is 18.2 Å². The van der Waals surface area contributed by atoms with E-state index in [2.05, 4.69) is 31.3 Å². The Hall–Kier alpha value is -3.38. The Morgan fingerprint density at radius 1 is 0.939 bits per heavy atom. The van der Waals surface area contributed by atoms with Gasteiger partial charge in [0.25, 0.3) is 0 Å². The fraction of sp³-hybridized carbons (Fsp3) is 0.222. The van der Waals surface area contributed by atoms with E-state index in [-0.39, 0.29) is 11.7 Å². The maximum Gasteiger partial charge on any atom is 0.234 e. The number of thioether (sulfide) groups is 1. The van der Waals surface area contributed by atoms with Crippen molar-refractivity contribution in [1.82, 2.24) is 0 Å². The summed E-state index contributed by atoms with van der Waals surface area (Å²) in [5, 5.41) is 3.86. The van der Waals surface area contributed by atoms with Crippen LogP contribution in [0.3, 0.4) is 0 Å². The number of amides is 1. The van der Waals surface area contributed by atoms with Crippen LogP contribution >= 0.6 is 11.8 Å². The monoisotopic (exact) mass is 457 g/mol. The molecule has 1 amide bonds. The Morgan fingerprint density at radius 3 is 2.39 bits per heavy atom. The first-order chi connectivity index (χ1) is 15.9. The minimum atomic E-state index is -0.0542. The number of anilines is 1. The summed E-state index contributed by atoms with van der Waals surface area (Å²) >= 11 is 1.45. The van der Waals surface area contributed by atoms with E-state index >= 15 is 0 Å². The van der Waals surface area contributed by atoms with Crippen LogP contribution in [0, 0.1) is 20.8 Å². The van der Waals surface area contributed by atoms with Crippen LogP contribution < -0.4 is 10.1 Å². The van der Waals surface area contributed by atoms with Crippen LogP contribution in [-0.2, 0) is 4.79 Å². The number of nitrogens with zero attached hydrogens (tertiary/aromatic N) is 2. The van der Waals surface area contributed by atoms with E-state index in [9.17, 15) is 4.79 Å². The van der Waals surface area contributed by atoms with Gasteiger partial charge in [-0.25, -0.2) is 4.99 Å². The molecule has 0 bridgehead atoms. The number of benzene rings is 3. The van der Waals surface area contributed by atoms with Crippen LogP contribution in [0.2, 0.25) is 0 Å². The van der Waals surface area contributed by atoms with Crippen molar-refractivity contribution in [3.63, 3.8) is 0 Å². The number of rotatable bonds is 5. The third-order valence-electron chi connectivity index (χ3n) is 5.60. The third kappa shape index (κ3) is 5.52.